The number of nitrogens with zero attached hydrogens (tertiary/aromatic N) is 1. The molecule has 0 aliphatic rings. The van der Waals surface area contributed by atoms with Crippen LogP contribution in [0.25, 0.3) is 10.8 Å². The van der Waals surface area contributed by atoms with Gasteiger partial charge >= 0.3 is 0 Å². The number of anilines is 1. The molecule has 144 valence electrons. The maximum atomic E-state index is 13.3. The molecule has 8 heteroatoms. The van der Waals surface area contributed by atoms with Gasteiger partial charge in [0, 0.05) is 22.7 Å². The molecule has 0 unspecified atom stereocenters. The molecular formula is C20H17BrFN3O3. The second kappa shape index (κ2) is 7.93. The third-order valence-corrected chi connectivity index (χ3v) is 5.03. The number of primary amides is 1. The monoisotopic (exact) mass is 445 g/mol. The minimum Gasteiger partial charge on any atom is -0.368 e. The third kappa shape index (κ3) is 3.96. The van der Waals surface area contributed by atoms with Crippen molar-refractivity contribution in [1.82, 2.24) is 4.57 Å². The number of amides is 2. The Balaban J connectivity index is 1.90. The molecule has 0 saturated carbocycles. The number of carbonyl (C=O) groups is 2. The molecule has 0 aliphatic heterocycles. The Morgan fingerprint density at radius 2 is 1.96 bits per heavy atom. The van der Waals surface area contributed by atoms with E-state index in [0.29, 0.717) is 22.0 Å². The first-order valence-corrected chi connectivity index (χ1v) is 9.24. The summed E-state index contributed by atoms with van der Waals surface area (Å²) >= 11 is 3.10. The summed E-state index contributed by atoms with van der Waals surface area (Å²) in [4.78, 5) is 36.5. The number of aromatic nitrogens is 1. The molecule has 1 heterocycles. The van der Waals surface area contributed by atoms with Crippen LogP contribution in [0.3, 0.4) is 0 Å². The standard InChI is InChI=1S/C20H17BrFN3O3/c1-11(19(23)27)25-8-7-13-14(20(25)28)3-2-4-17(13)24-18(26)10-12-5-6-16(22)15(21)9-12/h2-9,11H,10H2,1H3,(H2,23,27)(H,24,26)/t11-/m1/s1. The van der Waals surface area contributed by atoms with Crippen LogP contribution in [0.15, 0.2) is 57.9 Å². The number of pyridine rings is 1. The van der Waals surface area contributed by atoms with Gasteiger partial charge in [-0.2, -0.15) is 0 Å². The van der Waals surface area contributed by atoms with Crippen molar-refractivity contribution >= 4 is 44.2 Å². The molecule has 3 N–H and O–H groups in total. The summed E-state index contributed by atoms with van der Waals surface area (Å²) in [7, 11) is 0. The fourth-order valence-electron chi connectivity index (χ4n) is 2.87. The minimum atomic E-state index is -0.785. The number of hydrogen-bond acceptors (Lipinski definition) is 3. The molecule has 0 radical (unpaired) electrons. The van der Waals surface area contributed by atoms with Crippen molar-refractivity contribution in [2.45, 2.75) is 19.4 Å². The van der Waals surface area contributed by atoms with Crippen LogP contribution in [-0.2, 0) is 16.0 Å². The van der Waals surface area contributed by atoms with Gasteiger partial charge in [-0.3, -0.25) is 14.4 Å². The van der Waals surface area contributed by atoms with Crippen molar-refractivity contribution in [3.63, 3.8) is 0 Å². The number of halogens is 2. The molecular weight excluding hydrogens is 429 g/mol. The van der Waals surface area contributed by atoms with Gasteiger partial charge in [0.15, 0.2) is 0 Å². The van der Waals surface area contributed by atoms with Gasteiger partial charge in [0.2, 0.25) is 11.8 Å². The highest BCUT2D eigenvalue weighted by Gasteiger charge is 2.15. The van der Waals surface area contributed by atoms with Crippen LogP contribution >= 0.6 is 15.9 Å². The van der Waals surface area contributed by atoms with E-state index in [4.69, 9.17) is 5.73 Å². The van der Waals surface area contributed by atoms with Crippen LogP contribution in [0.1, 0.15) is 18.5 Å². The Labute approximate surface area is 168 Å². The normalized spacial score (nSPS) is 12.0. The van der Waals surface area contributed by atoms with Crippen LogP contribution in [0.5, 0.6) is 0 Å². The molecule has 6 nitrogen and oxygen atoms in total. The van der Waals surface area contributed by atoms with E-state index >= 15 is 0 Å². The van der Waals surface area contributed by atoms with Crippen LogP contribution in [0, 0.1) is 5.82 Å². The van der Waals surface area contributed by atoms with Gasteiger partial charge in [0.25, 0.3) is 5.56 Å². The Kier molecular flexibility index (Phi) is 5.60. The Morgan fingerprint density at radius 3 is 2.64 bits per heavy atom. The van der Waals surface area contributed by atoms with Crippen LogP contribution in [0.4, 0.5) is 10.1 Å². The summed E-state index contributed by atoms with van der Waals surface area (Å²) in [5, 5.41) is 3.69. The number of nitrogens with one attached hydrogen (secondary N) is 1. The Hall–Kier alpha value is -3.00. The predicted octanol–water partition coefficient (Wildman–Crippen LogP) is 3.13. The van der Waals surface area contributed by atoms with E-state index in [2.05, 4.69) is 21.2 Å². The second-order valence-electron chi connectivity index (χ2n) is 6.35. The molecule has 28 heavy (non-hydrogen) atoms. The van der Waals surface area contributed by atoms with E-state index < -0.39 is 17.8 Å². The van der Waals surface area contributed by atoms with Gasteiger partial charge in [-0.25, -0.2) is 4.39 Å². The highest BCUT2D eigenvalue weighted by Crippen LogP contribution is 2.22. The predicted molar refractivity (Wildman–Crippen MR) is 109 cm³/mol. The fourth-order valence-corrected chi connectivity index (χ4v) is 3.30. The first-order valence-electron chi connectivity index (χ1n) is 8.45. The summed E-state index contributed by atoms with van der Waals surface area (Å²) < 4.78 is 14.9. The average molecular weight is 446 g/mol. The summed E-state index contributed by atoms with van der Waals surface area (Å²) in [6.45, 7) is 1.54. The maximum absolute atomic E-state index is 13.3. The molecule has 0 spiro atoms. The molecule has 1 atom stereocenters. The van der Waals surface area contributed by atoms with Gasteiger partial charge in [0.1, 0.15) is 11.9 Å². The van der Waals surface area contributed by atoms with Crippen molar-refractivity contribution in [2.75, 3.05) is 5.32 Å². The lowest BCUT2D eigenvalue weighted by Gasteiger charge is -2.14. The SMILES string of the molecule is C[C@H](C(N)=O)n1ccc2c(NC(=O)Cc3ccc(F)c(Br)c3)cccc2c1=O. The van der Waals surface area contributed by atoms with Crippen molar-refractivity contribution in [1.29, 1.82) is 0 Å². The number of rotatable bonds is 5. The number of fused-ring (bicyclic) bond motifs is 1. The summed E-state index contributed by atoms with van der Waals surface area (Å²) in [5.74, 6) is -1.32. The quantitative estimate of drug-likeness (QED) is 0.631. The van der Waals surface area contributed by atoms with E-state index in [1.807, 2.05) is 0 Å². The van der Waals surface area contributed by atoms with Crippen molar-refractivity contribution in [2.24, 2.45) is 5.73 Å². The molecule has 2 amide bonds. The zero-order valence-corrected chi connectivity index (χ0v) is 16.5. The molecule has 0 bridgehead atoms. The lowest BCUT2D eigenvalue weighted by atomic mass is 10.1. The Morgan fingerprint density at radius 1 is 1.21 bits per heavy atom. The van der Waals surface area contributed by atoms with Gasteiger partial charge in [-0.05, 0) is 58.7 Å². The topological polar surface area (TPSA) is 94.2 Å². The third-order valence-electron chi connectivity index (χ3n) is 4.42. The van der Waals surface area contributed by atoms with Crippen LogP contribution in [-0.4, -0.2) is 16.4 Å². The molecule has 1 aromatic heterocycles. The molecule has 3 aromatic rings. The highest BCUT2D eigenvalue weighted by atomic mass is 79.9. The lowest BCUT2D eigenvalue weighted by Crippen LogP contribution is -2.31. The number of carbonyl (C=O) groups excluding carboxylic acids is 2. The first-order chi connectivity index (χ1) is 13.3. The molecule has 3 rings (SSSR count). The van der Waals surface area contributed by atoms with E-state index in [1.54, 1.807) is 37.3 Å². The fraction of sp³-hybridized carbons (Fsp3) is 0.150. The van der Waals surface area contributed by atoms with Gasteiger partial charge in [-0.15, -0.1) is 0 Å². The number of hydrogen-bond donors (Lipinski definition) is 2. The second-order valence-corrected chi connectivity index (χ2v) is 7.20. The largest absolute Gasteiger partial charge is 0.368 e. The maximum Gasteiger partial charge on any atom is 0.259 e. The van der Waals surface area contributed by atoms with E-state index in [1.165, 1.54) is 22.9 Å². The first kappa shape index (κ1) is 19.8. The van der Waals surface area contributed by atoms with Crippen LogP contribution < -0.4 is 16.6 Å². The van der Waals surface area contributed by atoms with Crippen molar-refractivity contribution < 1.29 is 14.0 Å². The van der Waals surface area contributed by atoms with E-state index in [9.17, 15) is 18.8 Å². The smallest absolute Gasteiger partial charge is 0.259 e. The Bertz CT molecular complexity index is 1140. The molecule has 0 aliphatic carbocycles. The number of benzene rings is 2. The summed E-state index contributed by atoms with van der Waals surface area (Å²) in [6.07, 6.45) is 1.53. The summed E-state index contributed by atoms with van der Waals surface area (Å²) in [6, 6.07) is 10.2. The molecule has 0 saturated heterocycles. The van der Waals surface area contributed by atoms with Crippen LogP contribution in [0.2, 0.25) is 0 Å². The van der Waals surface area contributed by atoms with Crippen molar-refractivity contribution in [3.8, 4) is 0 Å². The zero-order valence-electron chi connectivity index (χ0n) is 14.9. The highest BCUT2D eigenvalue weighted by molar-refractivity contribution is 9.10. The number of nitrogens with two attached hydrogens (primary N) is 1. The molecule has 0 fully saturated rings. The van der Waals surface area contributed by atoms with E-state index in [-0.39, 0.29) is 22.4 Å². The van der Waals surface area contributed by atoms with Gasteiger partial charge in [0.05, 0.1) is 10.9 Å². The van der Waals surface area contributed by atoms with Gasteiger partial charge in [-0.1, -0.05) is 12.1 Å². The van der Waals surface area contributed by atoms with Crippen molar-refractivity contribution in [3.05, 3.63) is 74.9 Å². The lowest BCUT2D eigenvalue weighted by molar-refractivity contribution is -0.120. The summed E-state index contributed by atoms with van der Waals surface area (Å²) in [5.41, 5.74) is 6.03. The molecule has 2 aromatic carbocycles. The zero-order chi connectivity index (χ0) is 20.4. The average Bonchev–Trinajstić information content (AvgIpc) is 2.65. The van der Waals surface area contributed by atoms with E-state index in [0.717, 1.165) is 0 Å². The minimum absolute atomic E-state index is 0.0467. The van der Waals surface area contributed by atoms with Gasteiger partial charge < -0.3 is 15.6 Å².